The number of nitrogens with two attached hydrogens (primary N) is 1. The van der Waals surface area contributed by atoms with Crippen LogP contribution in [0.2, 0.25) is 5.02 Å². The Labute approximate surface area is 130 Å². The first-order valence-corrected chi connectivity index (χ1v) is 7.36. The van der Waals surface area contributed by atoms with Crippen molar-refractivity contribution in [2.45, 2.75) is 18.6 Å². The van der Waals surface area contributed by atoms with Gasteiger partial charge in [-0.25, -0.2) is 0 Å². The molecule has 1 heterocycles. The summed E-state index contributed by atoms with van der Waals surface area (Å²) in [6.45, 7) is 1.44. The molecule has 3 N–H and O–H groups in total. The zero-order chi connectivity index (χ0) is 14.9. The van der Waals surface area contributed by atoms with Crippen molar-refractivity contribution in [3.05, 3.63) is 28.8 Å². The number of thiocarbonyl (C=S) groups is 1. The lowest BCUT2D eigenvalue weighted by Gasteiger charge is -2.30. The number of benzene rings is 1. The molecule has 2 atom stereocenters. The summed E-state index contributed by atoms with van der Waals surface area (Å²) in [6, 6.07) is 5.73. The zero-order valence-electron chi connectivity index (χ0n) is 11.7. The van der Waals surface area contributed by atoms with Crippen LogP contribution in [0.5, 0.6) is 0 Å². The maximum absolute atomic E-state index is 9.99. The lowest BCUT2D eigenvalue weighted by molar-refractivity contribution is 0.191. The minimum absolute atomic E-state index is 0.228. The Kier molecular flexibility index (Phi) is 4.86. The van der Waals surface area contributed by atoms with Crippen LogP contribution in [0.4, 0.5) is 5.69 Å². The summed E-state index contributed by atoms with van der Waals surface area (Å²) < 4.78 is 0. The minimum atomic E-state index is -0.335. The quantitative estimate of drug-likeness (QED) is 0.825. The molecular weight excluding hydrogens is 294 g/mol. The van der Waals surface area contributed by atoms with E-state index in [0.717, 1.165) is 24.2 Å². The van der Waals surface area contributed by atoms with Gasteiger partial charge >= 0.3 is 0 Å². The molecule has 0 bridgehead atoms. The molecule has 1 aliphatic rings. The Hall–Kier alpha value is -0.880. The predicted octanol–water partition coefficient (Wildman–Crippen LogP) is 1.48. The van der Waals surface area contributed by atoms with Gasteiger partial charge in [0.05, 0.1) is 6.10 Å². The van der Waals surface area contributed by atoms with Crippen LogP contribution >= 0.6 is 23.8 Å². The topological polar surface area (TPSA) is 52.7 Å². The van der Waals surface area contributed by atoms with E-state index in [1.807, 2.05) is 26.2 Å². The van der Waals surface area contributed by atoms with E-state index in [1.165, 1.54) is 0 Å². The van der Waals surface area contributed by atoms with Crippen LogP contribution in [0.1, 0.15) is 12.0 Å². The van der Waals surface area contributed by atoms with E-state index in [0.29, 0.717) is 16.6 Å². The fraction of sp³-hybridized carbons (Fsp3) is 0.500. The van der Waals surface area contributed by atoms with Crippen molar-refractivity contribution < 1.29 is 5.11 Å². The van der Waals surface area contributed by atoms with E-state index in [9.17, 15) is 5.11 Å². The Morgan fingerprint density at radius 1 is 1.55 bits per heavy atom. The second-order valence-corrected chi connectivity index (χ2v) is 6.36. The molecule has 1 fully saturated rings. The van der Waals surface area contributed by atoms with E-state index in [-0.39, 0.29) is 12.1 Å². The molecule has 2 unspecified atom stereocenters. The van der Waals surface area contributed by atoms with Gasteiger partial charge in [0, 0.05) is 35.4 Å². The fourth-order valence-electron chi connectivity index (χ4n) is 2.73. The number of nitrogens with zero attached hydrogens (tertiary/aromatic N) is 2. The highest BCUT2D eigenvalue weighted by Crippen LogP contribution is 2.31. The third-order valence-electron chi connectivity index (χ3n) is 3.50. The SMILES string of the molecule is CN(C)CC1CC(O)CN1c1cc(Cl)ccc1C(N)=S. The van der Waals surface area contributed by atoms with Crippen LogP contribution in [0.25, 0.3) is 0 Å². The molecule has 110 valence electrons. The second kappa shape index (κ2) is 6.26. The summed E-state index contributed by atoms with van der Waals surface area (Å²) in [6.07, 6.45) is 0.402. The molecule has 0 radical (unpaired) electrons. The molecule has 2 rings (SSSR count). The number of hydrogen-bond acceptors (Lipinski definition) is 4. The normalized spacial score (nSPS) is 22.6. The lowest BCUT2D eigenvalue weighted by atomic mass is 10.1. The fourth-order valence-corrected chi connectivity index (χ4v) is 3.07. The van der Waals surface area contributed by atoms with Gasteiger partial charge in [0.25, 0.3) is 0 Å². The van der Waals surface area contributed by atoms with E-state index < -0.39 is 0 Å². The lowest BCUT2D eigenvalue weighted by Crippen LogP contribution is -2.38. The highest BCUT2D eigenvalue weighted by atomic mass is 35.5. The largest absolute Gasteiger partial charge is 0.391 e. The highest BCUT2D eigenvalue weighted by Gasteiger charge is 2.32. The van der Waals surface area contributed by atoms with Gasteiger partial charge in [-0.2, -0.15) is 0 Å². The van der Waals surface area contributed by atoms with Crippen molar-refractivity contribution in [2.75, 3.05) is 32.1 Å². The summed E-state index contributed by atoms with van der Waals surface area (Å²) in [5.74, 6) is 0. The molecule has 1 aromatic carbocycles. The van der Waals surface area contributed by atoms with E-state index in [2.05, 4.69) is 9.80 Å². The third kappa shape index (κ3) is 3.41. The molecule has 0 amide bonds. The number of rotatable bonds is 4. The molecule has 0 spiro atoms. The molecular formula is C14H20ClN3OS. The molecule has 1 aromatic rings. The maximum atomic E-state index is 9.99. The number of halogens is 1. The van der Waals surface area contributed by atoms with Gasteiger partial charge in [-0.05, 0) is 38.7 Å². The number of aliphatic hydroxyl groups excluding tert-OH is 1. The van der Waals surface area contributed by atoms with Gasteiger partial charge in [0.1, 0.15) is 4.99 Å². The Morgan fingerprint density at radius 2 is 2.25 bits per heavy atom. The average molecular weight is 314 g/mol. The molecule has 6 heteroatoms. The molecule has 20 heavy (non-hydrogen) atoms. The van der Waals surface area contributed by atoms with Crippen molar-refractivity contribution in [2.24, 2.45) is 5.73 Å². The average Bonchev–Trinajstić information content (AvgIpc) is 2.68. The van der Waals surface area contributed by atoms with Crippen LogP contribution in [0.15, 0.2) is 18.2 Å². The van der Waals surface area contributed by atoms with Gasteiger partial charge in [-0.1, -0.05) is 23.8 Å². The Balaban J connectivity index is 2.37. The van der Waals surface area contributed by atoms with Gasteiger partial charge in [0.2, 0.25) is 0 Å². The molecule has 1 saturated heterocycles. The van der Waals surface area contributed by atoms with Crippen LogP contribution in [0, 0.1) is 0 Å². The van der Waals surface area contributed by atoms with Gasteiger partial charge in [-0.15, -0.1) is 0 Å². The smallest absolute Gasteiger partial charge is 0.106 e. The van der Waals surface area contributed by atoms with Crippen molar-refractivity contribution >= 4 is 34.5 Å². The Bertz CT molecular complexity index is 509. The van der Waals surface area contributed by atoms with Gasteiger partial charge in [-0.3, -0.25) is 0 Å². The number of aliphatic hydroxyl groups is 1. The summed E-state index contributed by atoms with van der Waals surface area (Å²) in [7, 11) is 4.05. The van der Waals surface area contributed by atoms with Crippen molar-refractivity contribution in [1.82, 2.24) is 4.90 Å². The van der Waals surface area contributed by atoms with Crippen molar-refractivity contribution in [3.63, 3.8) is 0 Å². The summed E-state index contributed by atoms with van der Waals surface area (Å²) in [5, 5.41) is 10.6. The molecule has 0 aromatic heterocycles. The summed E-state index contributed by atoms with van der Waals surface area (Å²) in [5.41, 5.74) is 7.52. The first-order chi connectivity index (χ1) is 9.38. The monoisotopic (exact) mass is 313 g/mol. The van der Waals surface area contributed by atoms with Gasteiger partial charge < -0.3 is 20.6 Å². The van der Waals surface area contributed by atoms with Crippen molar-refractivity contribution in [3.8, 4) is 0 Å². The van der Waals surface area contributed by atoms with Crippen LogP contribution < -0.4 is 10.6 Å². The van der Waals surface area contributed by atoms with Crippen molar-refractivity contribution in [1.29, 1.82) is 0 Å². The summed E-state index contributed by atoms with van der Waals surface area (Å²) in [4.78, 5) is 4.62. The first kappa shape index (κ1) is 15.5. The molecule has 0 saturated carbocycles. The Morgan fingerprint density at radius 3 is 2.85 bits per heavy atom. The van der Waals surface area contributed by atoms with E-state index in [4.69, 9.17) is 29.6 Å². The molecule has 4 nitrogen and oxygen atoms in total. The predicted molar refractivity (Wildman–Crippen MR) is 87.7 cm³/mol. The number of anilines is 1. The van der Waals surface area contributed by atoms with Crippen LogP contribution in [0.3, 0.4) is 0 Å². The number of hydrogen-bond donors (Lipinski definition) is 2. The van der Waals surface area contributed by atoms with Gasteiger partial charge in [0.15, 0.2) is 0 Å². The van der Waals surface area contributed by atoms with Crippen LogP contribution in [-0.2, 0) is 0 Å². The number of β-amino-alcohol motifs (C(OH)–C–C–N with tert-alkyl or cyclic N) is 1. The van der Waals surface area contributed by atoms with E-state index >= 15 is 0 Å². The van der Waals surface area contributed by atoms with Crippen LogP contribution in [-0.4, -0.2) is 54.3 Å². The molecule has 0 aliphatic carbocycles. The molecule has 1 aliphatic heterocycles. The zero-order valence-corrected chi connectivity index (χ0v) is 13.3. The van der Waals surface area contributed by atoms with E-state index in [1.54, 1.807) is 6.07 Å². The highest BCUT2D eigenvalue weighted by molar-refractivity contribution is 7.80. The third-order valence-corrected chi connectivity index (χ3v) is 3.96. The minimum Gasteiger partial charge on any atom is -0.391 e. The maximum Gasteiger partial charge on any atom is 0.106 e. The standard InChI is InChI=1S/C14H20ClN3OS/c1-17(2)7-10-6-11(19)8-18(10)13-5-9(15)3-4-12(13)14(16)20/h3-5,10-11,19H,6-8H2,1-2H3,(H2,16,20). The second-order valence-electron chi connectivity index (χ2n) is 5.48. The summed E-state index contributed by atoms with van der Waals surface area (Å²) >= 11 is 11.2. The first-order valence-electron chi connectivity index (χ1n) is 6.57. The number of likely N-dealkylation sites (N-methyl/N-ethyl adjacent to an activating group) is 1.